The second-order valence-corrected chi connectivity index (χ2v) is 35.0. The summed E-state index contributed by atoms with van der Waals surface area (Å²) in [6, 6.07) is 0. The zero-order valence-corrected chi connectivity index (χ0v) is 71.2. The molecule has 0 radical (unpaired) electrons. The summed E-state index contributed by atoms with van der Waals surface area (Å²) in [6.45, 7) is 14.3. The molecule has 0 amide bonds. The molecule has 0 fully saturated rings. The van der Waals surface area contributed by atoms with Crippen LogP contribution in [0.25, 0.3) is 0 Å². The zero-order valence-electron chi connectivity index (χ0n) is 69.4. The number of hydrogen-bond donors (Lipinski definition) is 3. The summed E-state index contributed by atoms with van der Waals surface area (Å²) in [6.07, 6.45) is 64.1. The number of unbranched alkanes of at least 4 members (excludes halogenated alkanes) is 46. The SMILES string of the molecule is CCC(C)CCCCCCCCCCCCCCCCCCCCC(=O)OC[C@H](COP(=O)(O)OC[C@@H](O)COP(=O)(O)OC[C@@H](COC(=O)CCCCCCCCC(C)CC)OC(=O)CCCCCCCCCCCCCCCCCCCCC(C)CC)OC(=O)CCCCCCCCCCC(C)C. The minimum absolute atomic E-state index is 0.105. The number of esters is 4. The summed E-state index contributed by atoms with van der Waals surface area (Å²) < 4.78 is 68.8. The van der Waals surface area contributed by atoms with Gasteiger partial charge in [-0.1, -0.05) is 396 Å². The molecular weight excluding hydrogens is 1370 g/mol. The Morgan fingerprint density at radius 2 is 0.457 bits per heavy atom. The fraction of sp³-hybridized carbons (Fsp3) is 0.953. The molecule has 0 saturated heterocycles. The molecule has 3 N–H and O–H groups in total. The summed E-state index contributed by atoms with van der Waals surface area (Å²) >= 11 is 0. The predicted molar refractivity (Wildman–Crippen MR) is 432 cm³/mol. The van der Waals surface area contributed by atoms with Crippen LogP contribution in [0.5, 0.6) is 0 Å². The molecule has 5 unspecified atom stereocenters. The normalized spacial score (nSPS) is 14.7. The van der Waals surface area contributed by atoms with Crippen molar-refractivity contribution in [3.63, 3.8) is 0 Å². The minimum Gasteiger partial charge on any atom is -0.462 e. The highest BCUT2D eigenvalue weighted by Gasteiger charge is 2.31. The van der Waals surface area contributed by atoms with E-state index < -0.39 is 97.5 Å². The zero-order chi connectivity index (χ0) is 77.4. The summed E-state index contributed by atoms with van der Waals surface area (Å²) in [5.41, 5.74) is 0. The van der Waals surface area contributed by atoms with Crippen molar-refractivity contribution in [3.8, 4) is 0 Å². The maximum Gasteiger partial charge on any atom is 0.472 e. The van der Waals surface area contributed by atoms with Gasteiger partial charge in [0.2, 0.25) is 0 Å². The standard InChI is InChI=1S/C86H168O17P2/c1-9-77(6)63-55-47-39-32-28-24-20-16-12-14-18-22-26-30-34-41-50-58-66-83(88)96-72-81(103-86(91)69-61-53-43-37-36-38-46-54-62-76(4)5)74-100-104(92,93)98-70-80(87)71-99-105(94,95)101-75-82(73-97-84(89)67-59-51-45-44-49-57-65-79(8)11-3)102-85(90)68-60-52-42-35-31-27-23-19-15-13-17-21-25-29-33-40-48-56-64-78(7)10-2/h76-82,87H,9-75H2,1-8H3,(H,92,93)(H,94,95)/t77?,78?,79?,80-,81-,82-/m1/s1. The molecule has 0 aliphatic heterocycles. The Bertz CT molecular complexity index is 2050. The highest BCUT2D eigenvalue weighted by molar-refractivity contribution is 7.47. The molecule has 0 spiro atoms. The molecule has 0 bridgehead atoms. The van der Waals surface area contributed by atoms with E-state index in [1.165, 1.54) is 244 Å². The van der Waals surface area contributed by atoms with Gasteiger partial charge in [0, 0.05) is 25.7 Å². The Hall–Kier alpha value is -1.94. The molecule has 105 heavy (non-hydrogen) atoms. The van der Waals surface area contributed by atoms with Gasteiger partial charge in [-0.2, -0.15) is 0 Å². The Kier molecular flexibility index (Phi) is 73.4. The second-order valence-electron chi connectivity index (χ2n) is 32.1. The van der Waals surface area contributed by atoms with Crippen LogP contribution in [0.3, 0.4) is 0 Å². The second kappa shape index (κ2) is 74.8. The first-order valence-electron chi connectivity index (χ1n) is 44.3. The summed E-state index contributed by atoms with van der Waals surface area (Å²) in [5.74, 6) is 1.08. The van der Waals surface area contributed by atoms with Crippen molar-refractivity contribution in [2.75, 3.05) is 39.6 Å². The van der Waals surface area contributed by atoms with E-state index in [0.717, 1.165) is 114 Å². The average molecular weight is 1540 g/mol. The van der Waals surface area contributed by atoms with Gasteiger partial charge in [-0.05, 0) is 49.4 Å². The Labute approximate surface area is 645 Å². The number of aliphatic hydroxyl groups is 1. The maximum atomic E-state index is 13.1. The van der Waals surface area contributed by atoms with E-state index in [1.807, 2.05) is 0 Å². The van der Waals surface area contributed by atoms with E-state index in [-0.39, 0.29) is 25.7 Å². The van der Waals surface area contributed by atoms with Gasteiger partial charge in [-0.25, -0.2) is 9.13 Å². The van der Waals surface area contributed by atoms with Crippen LogP contribution < -0.4 is 0 Å². The number of aliphatic hydroxyl groups excluding tert-OH is 1. The van der Waals surface area contributed by atoms with Crippen LogP contribution in [0.2, 0.25) is 0 Å². The molecule has 0 aromatic carbocycles. The largest absolute Gasteiger partial charge is 0.472 e. The van der Waals surface area contributed by atoms with Crippen LogP contribution in [0, 0.1) is 23.7 Å². The first-order chi connectivity index (χ1) is 50.7. The van der Waals surface area contributed by atoms with Crippen LogP contribution >= 0.6 is 15.6 Å². The van der Waals surface area contributed by atoms with Gasteiger partial charge in [0.1, 0.15) is 19.3 Å². The molecule has 0 saturated carbocycles. The lowest BCUT2D eigenvalue weighted by atomic mass is 9.99. The van der Waals surface area contributed by atoms with E-state index in [9.17, 15) is 43.2 Å². The smallest absolute Gasteiger partial charge is 0.462 e. The maximum absolute atomic E-state index is 13.1. The third-order valence-electron chi connectivity index (χ3n) is 21.2. The molecule has 0 heterocycles. The van der Waals surface area contributed by atoms with Crippen LogP contribution in [-0.4, -0.2) is 96.7 Å². The number of carbonyl (C=O) groups excluding carboxylic acids is 4. The predicted octanol–water partition coefficient (Wildman–Crippen LogP) is 25.9. The molecular formula is C86H168O17P2. The molecule has 0 aromatic heterocycles. The van der Waals surface area contributed by atoms with Gasteiger partial charge in [0.15, 0.2) is 12.2 Å². The molecule has 624 valence electrons. The lowest BCUT2D eigenvalue weighted by molar-refractivity contribution is -0.161. The van der Waals surface area contributed by atoms with Crippen molar-refractivity contribution in [1.29, 1.82) is 0 Å². The number of rotatable bonds is 83. The van der Waals surface area contributed by atoms with E-state index in [0.29, 0.717) is 31.6 Å². The third kappa shape index (κ3) is 75.9. The van der Waals surface area contributed by atoms with E-state index in [2.05, 4.69) is 55.4 Å². The number of hydrogen-bond acceptors (Lipinski definition) is 15. The van der Waals surface area contributed by atoms with Gasteiger partial charge in [0.25, 0.3) is 0 Å². The van der Waals surface area contributed by atoms with Crippen LogP contribution in [0.15, 0.2) is 0 Å². The highest BCUT2D eigenvalue weighted by Crippen LogP contribution is 2.45. The fourth-order valence-corrected chi connectivity index (χ4v) is 14.8. The van der Waals surface area contributed by atoms with Crippen molar-refractivity contribution in [2.45, 2.75) is 465 Å². The minimum atomic E-state index is -4.96. The molecule has 0 aliphatic rings. The van der Waals surface area contributed by atoms with E-state index >= 15 is 0 Å². The van der Waals surface area contributed by atoms with E-state index in [4.69, 9.17) is 37.0 Å². The monoisotopic (exact) mass is 1540 g/mol. The van der Waals surface area contributed by atoms with Crippen molar-refractivity contribution in [1.82, 2.24) is 0 Å². The molecule has 8 atom stereocenters. The lowest BCUT2D eigenvalue weighted by Crippen LogP contribution is -2.30. The van der Waals surface area contributed by atoms with Gasteiger partial charge in [-0.3, -0.25) is 37.3 Å². The van der Waals surface area contributed by atoms with Crippen molar-refractivity contribution in [3.05, 3.63) is 0 Å². The van der Waals surface area contributed by atoms with Gasteiger partial charge in [0.05, 0.1) is 26.4 Å². The molecule has 19 heteroatoms. The quantitative estimate of drug-likeness (QED) is 0.0222. The topological polar surface area (TPSA) is 237 Å². The lowest BCUT2D eigenvalue weighted by Gasteiger charge is -2.21. The number of carbonyl (C=O) groups is 4. The van der Waals surface area contributed by atoms with Crippen molar-refractivity contribution < 1.29 is 80.2 Å². The summed E-state index contributed by atoms with van der Waals surface area (Å²) in [7, 11) is -9.93. The number of phosphoric ester groups is 2. The third-order valence-corrected chi connectivity index (χ3v) is 23.1. The van der Waals surface area contributed by atoms with Crippen molar-refractivity contribution in [2.24, 2.45) is 23.7 Å². The van der Waals surface area contributed by atoms with Crippen molar-refractivity contribution >= 4 is 39.5 Å². The van der Waals surface area contributed by atoms with E-state index in [1.54, 1.807) is 0 Å². The summed E-state index contributed by atoms with van der Waals surface area (Å²) in [4.78, 5) is 73.1. The molecule has 0 aromatic rings. The molecule has 0 aliphatic carbocycles. The van der Waals surface area contributed by atoms with Crippen LogP contribution in [0.1, 0.15) is 447 Å². The molecule has 17 nitrogen and oxygen atoms in total. The fourth-order valence-electron chi connectivity index (χ4n) is 13.2. The van der Waals surface area contributed by atoms with Crippen LogP contribution in [-0.2, 0) is 65.4 Å². The van der Waals surface area contributed by atoms with Gasteiger partial charge < -0.3 is 33.8 Å². The highest BCUT2D eigenvalue weighted by atomic mass is 31.2. The molecule has 0 rings (SSSR count). The number of ether oxygens (including phenoxy) is 4. The van der Waals surface area contributed by atoms with Crippen LogP contribution in [0.4, 0.5) is 0 Å². The summed E-state index contributed by atoms with van der Waals surface area (Å²) in [5, 5.41) is 10.7. The first kappa shape index (κ1) is 103. The number of phosphoric acid groups is 2. The Balaban J connectivity index is 5.12. The van der Waals surface area contributed by atoms with Gasteiger partial charge >= 0.3 is 39.5 Å². The Morgan fingerprint density at radius 1 is 0.267 bits per heavy atom. The Morgan fingerprint density at radius 3 is 0.676 bits per heavy atom. The average Bonchev–Trinajstić information content (AvgIpc) is 0.947. The first-order valence-corrected chi connectivity index (χ1v) is 47.3. The van der Waals surface area contributed by atoms with Gasteiger partial charge in [-0.15, -0.1) is 0 Å².